The first-order valence-corrected chi connectivity index (χ1v) is 39.6. The second-order valence-electron chi connectivity index (χ2n) is 30.1. The number of aromatic nitrogens is 10. The Morgan fingerprint density at radius 2 is 1.00 bits per heavy atom. The first-order chi connectivity index (χ1) is 51.8. The number of sulfone groups is 1. The quantitative estimate of drug-likeness (QED) is 0.0366. The Morgan fingerprint density at radius 3 is 1.41 bits per heavy atom. The van der Waals surface area contributed by atoms with Gasteiger partial charge in [0.05, 0.1) is 50.3 Å². The normalized spacial score (nSPS) is 18.1. The summed E-state index contributed by atoms with van der Waals surface area (Å²) in [7, 11) is -2.77. The lowest BCUT2D eigenvalue weighted by molar-refractivity contribution is -0.121. The van der Waals surface area contributed by atoms with E-state index in [0.29, 0.717) is 76.3 Å². The molecule has 4 aliphatic rings. The fraction of sp³-hybridized carbons (Fsp3) is 0.388. The highest BCUT2D eigenvalue weighted by atomic mass is 35.5. The molecule has 590 valence electrons. The lowest BCUT2D eigenvalue weighted by atomic mass is 9.86. The number of pyridine rings is 2. The number of aryl methyl sites for hydroxylation is 2. The standard InChI is InChI=1S/C40H36ClF6N5O3S.C39H35F6N5O4S.CH4/c1-39(2,54)11-10-24-6-7-26(27-8-9-30(41)33-31(19-56(4,5)55)49-51(3)36(27)33)34(48-24)21(12-20-13-22(42)16-23(43)14-20)15-25(53)18-52-37-32(35(50-52)38(44)45)28-17-29(28)40(37,46)47;1-38(2,52)11-10-24-8-9-26(27-6-5-7-28-31(19-55(4,53)54)47-49(3)35(27)28)33(46-24)21(12-20-13-22(40)16-23(41)14-20)15-25(51)18-50-36-32(34(48-50)37(42)43)29-17-30(29)39(36,44)45;/h6-9,13-14,16,21,28-29,38,54H,4,12,15,17-19H2,1-3,5H3;5-9,13-14,16,21,29-30,37,52H,12,15,17-19H2,1-4H3;1H4/t21-,28+,29-,56?;21-,29+,30-;/m11./s1. The number of ketones is 2. The number of alkyl halides is 8. The Hall–Kier alpha value is -9.66. The van der Waals surface area contributed by atoms with Crippen molar-refractivity contribution in [1.29, 1.82) is 0 Å². The van der Waals surface area contributed by atoms with Crippen molar-refractivity contribution in [2.45, 2.75) is 158 Å². The fourth-order valence-electron chi connectivity index (χ4n) is 15.4. The Labute approximate surface area is 641 Å². The molecule has 2 saturated carbocycles. The second kappa shape index (κ2) is 30.0. The van der Waals surface area contributed by atoms with Crippen LogP contribution in [-0.4, -0.2) is 113 Å². The van der Waals surface area contributed by atoms with E-state index in [2.05, 4.69) is 49.9 Å². The summed E-state index contributed by atoms with van der Waals surface area (Å²) < 4.78 is 218. The van der Waals surface area contributed by atoms with Crippen LogP contribution in [0.25, 0.3) is 44.1 Å². The molecule has 14 rings (SSSR count). The number of para-hydroxylation sites is 1. The van der Waals surface area contributed by atoms with E-state index in [0.717, 1.165) is 30.5 Å². The smallest absolute Gasteiger partial charge is 0.293 e. The van der Waals surface area contributed by atoms with Gasteiger partial charge < -0.3 is 10.2 Å². The van der Waals surface area contributed by atoms with Crippen LogP contribution in [0.2, 0.25) is 5.02 Å². The van der Waals surface area contributed by atoms with Gasteiger partial charge in [-0.1, -0.05) is 55.1 Å². The van der Waals surface area contributed by atoms with Crippen molar-refractivity contribution in [1.82, 2.24) is 49.1 Å². The lowest BCUT2D eigenvalue weighted by Gasteiger charge is -2.22. The van der Waals surface area contributed by atoms with Crippen molar-refractivity contribution in [3.63, 3.8) is 0 Å². The van der Waals surface area contributed by atoms with E-state index < -0.39 is 174 Å². The Kier molecular flexibility index (Phi) is 21.9. The third-order valence-electron chi connectivity index (χ3n) is 19.7. The first kappa shape index (κ1) is 81.8. The maximum absolute atomic E-state index is 15.4. The van der Waals surface area contributed by atoms with Crippen LogP contribution in [0, 0.1) is 58.8 Å². The zero-order valence-electron chi connectivity index (χ0n) is 60.7. The summed E-state index contributed by atoms with van der Waals surface area (Å²) in [5, 5.41) is 38.6. The molecule has 0 spiro atoms. The summed E-state index contributed by atoms with van der Waals surface area (Å²) in [5.74, 6) is -3.25. The molecule has 2 N–H and O–H groups in total. The largest absolute Gasteiger partial charge is 0.378 e. The minimum Gasteiger partial charge on any atom is -0.378 e. The van der Waals surface area contributed by atoms with Crippen molar-refractivity contribution in [3.8, 4) is 45.9 Å². The molecule has 17 nitrogen and oxygen atoms in total. The van der Waals surface area contributed by atoms with Crippen LogP contribution in [-0.2, 0) is 92.3 Å². The molecule has 4 aliphatic carbocycles. The molecule has 2 fully saturated rings. The number of hydrogen-bond acceptors (Lipinski definition) is 13. The Morgan fingerprint density at radius 1 is 0.589 bits per heavy atom. The molecule has 0 saturated heterocycles. The second-order valence-corrected chi connectivity index (χ2v) is 35.3. The maximum atomic E-state index is 15.4. The monoisotopic (exact) mass is 1610 g/mol. The topological polar surface area (TPSA) is 223 Å². The molecule has 6 aromatic heterocycles. The Balaban J connectivity index is 0.000000206. The number of fused-ring (bicyclic) bond motifs is 8. The maximum Gasteiger partial charge on any atom is 0.293 e. The molecule has 0 aliphatic heterocycles. The number of carbonyl (C=O) groups is 2. The molecule has 0 radical (unpaired) electrons. The number of halogens is 13. The number of hydrogen-bond donors (Lipinski definition) is 2. The van der Waals surface area contributed by atoms with Crippen LogP contribution in [0.4, 0.5) is 52.7 Å². The molecule has 112 heavy (non-hydrogen) atoms. The minimum absolute atomic E-state index is 0. The van der Waals surface area contributed by atoms with Gasteiger partial charge in [0.15, 0.2) is 21.4 Å². The minimum atomic E-state index is -3.49. The average molecular weight is 1620 g/mol. The predicted molar refractivity (Wildman–Crippen MR) is 398 cm³/mol. The van der Waals surface area contributed by atoms with Gasteiger partial charge in [0, 0.05) is 119 Å². The van der Waals surface area contributed by atoms with E-state index in [1.807, 2.05) is 0 Å². The summed E-state index contributed by atoms with van der Waals surface area (Å²) in [6, 6.07) is 20.6. The number of rotatable bonds is 22. The fourth-order valence-corrected chi connectivity index (χ4v) is 17.1. The summed E-state index contributed by atoms with van der Waals surface area (Å²) in [4.78, 5) is 37.6. The van der Waals surface area contributed by atoms with E-state index in [9.17, 15) is 67.6 Å². The van der Waals surface area contributed by atoms with Gasteiger partial charge in [0.2, 0.25) is 0 Å². The van der Waals surface area contributed by atoms with Gasteiger partial charge in [-0.15, -0.1) is 0 Å². The van der Waals surface area contributed by atoms with Gasteiger partial charge in [-0.05, 0) is 158 Å². The van der Waals surface area contributed by atoms with Gasteiger partial charge in [0.1, 0.15) is 81.7 Å². The van der Waals surface area contributed by atoms with E-state index in [-0.39, 0.29) is 95.3 Å². The molecule has 32 heteroatoms. The third-order valence-corrected chi connectivity index (χ3v) is 21.7. The lowest BCUT2D eigenvalue weighted by Crippen LogP contribution is -2.24. The number of nitrogens with zero attached hydrogens (tertiary/aromatic N) is 10. The summed E-state index contributed by atoms with van der Waals surface area (Å²) in [6.45, 7) is 4.31. The summed E-state index contributed by atoms with van der Waals surface area (Å²) in [5.41, 5.74) is -1.63. The first-order valence-electron chi connectivity index (χ1n) is 34.9. The highest BCUT2D eigenvalue weighted by molar-refractivity contribution is 7.98. The van der Waals surface area contributed by atoms with Gasteiger partial charge in [0.25, 0.3) is 24.7 Å². The number of benzene rings is 4. The van der Waals surface area contributed by atoms with Crippen LogP contribution in [0.5, 0.6) is 0 Å². The van der Waals surface area contributed by atoms with Crippen LogP contribution in [0.1, 0.15) is 177 Å². The molecule has 6 heterocycles. The van der Waals surface area contributed by atoms with Gasteiger partial charge in [-0.2, -0.15) is 38.0 Å². The van der Waals surface area contributed by atoms with Gasteiger partial charge in [-0.25, -0.2) is 53.5 Å². The van der Waals surface area contributed by atoms with Crippen molar-refractivity contribution in [2.75, 3.05) is 12.5 Å². The molecule has 0 bridgehead atoms. The number of aliphatic hydroxyl groups is 2. The van der Waals surface area contributed by atoms with E-state index in [4.69, 9.17) is 21.6 Å². The molecule has 1 unspecified atom stereocenters. The molecular formula is C80H75ClF12N10O7S2. The number of carbonyl (C=O) groups excluding carboxylic acids is 2. The highest BCUT2D eigenvalue weighted by Crippen LogP contribution is 2.69. The van der Waals surface area contributed by atoms with Crippen LogP contribution >= 0.6 is 11.6 Å². The SMILES string of the molecule is C.C=S(C)(=O)Cc1nn(C)c2c(-c3ccc(C#CC(C)(C)O)nc3[C@@H](CC(=O)Cn3nc(C(F)F)c4c3C(F)(F)[C@@H]3C[C@H]43)Cc3cc(F)cc(F)c3)ccc(Cl)c12.Cn1nc(CS(C)(=O)=O)c2cccc(-c3ccc(C#CC(C)(C)O)nc3[C@@H](CC(=O)Cn3nc(C(F)F)c4c3C(F)(F)[C@@H]3C[C@H]43)Cc3cc(F)cc(F)c3)c21. The molecular weight excluding hydrogens is 1540 g/mol. The van der Waals surface area contributed by atoms with Crippen molar-refractivity contribution in [3.05, 3.63) is 198 Å². The van der Waals surface area contributed by atoms with E-state index in [1.54, 1.807) is 73.4 Å². The Bertz CT molecular complexity index is 5820. The zero-order valence-corrected chi connectivity index (χ0v) is 63.1. The van der Waals surface area contributed by atoms with Crippen molar-refractivity contribution < 1.29 is 85.1 Å². The van der Waals surface area contributed by atoms with Crippen molar-refractivity contribution in [2.24, 2.45) is 25.9 Å². The number of Topliss-reactive ketones (excluding diaryl/α,β-unsaturated/α-hetero) is 2. The third kappa shape index (κ3) is 17.0. The van der Waals surface area contributed by atoms with Crippen LogP contribution in [0.15, 0.2) is 91.0 Å². The van der Waals surface area contributed by atoms with E-state index in [1.165, 1.54) is 38.6 Å². The van der Waals surface area contributed by atoms with Crippen LogP contribution < -0.4 is 0 Å². The summed E-state index contributed by atoms with van der Waals surface area (Å²) >= 11 is 6.70. The molecule has 0 amide bonds. The van der Waals surface area contributed by atoms with Gasteiger partial charge in [-0.3, -0.25) is 32.5 Å². The average Bonchev–Trinajstić information content (AvgIpc) is 1.52. The molecule has 4 aromatic carbocycles. The van der Waals surface area contributed by atoms with E-state index >= 15 is 17.6 Å². The zero-order chi connectivity index (χ0) is 80.4. The highest BCUT2D eigenvalue weighted by Gasteiger charge is 2.68. The van der Waals surface area contributed by atoms with Crippen molar-refractivity contribution >= 4 is 70.2 Å². The van der Waals surface area contributed by atoms with Crippen LogP contribution in [0.3, 0.4) is 0 Å². The molecule has 7 atom stereocenters. The molecule has 10 aromatic rings. The summed E-state index contributed by atoms with van der Waals surface area (Å²) in [6.07, 6.45) is -4.88. The van der Waals surface area contributed by atoms with Gasteiger partial charge >= 0.3 is 0 Å². The predicted octanol–water partition coefficient (Wildman–Crippen LogP) is 15.4.